The van der Waals surface area contributed by atoms with E-state index in [9.17, 15) is 14.0 Å². The van der Waals surface area contributed by atoms with E-state index in [4.69, 9.17) is 4.74 Å². The van der Waals surface area contributed by atoms with Crippen molar-refractivity contribution < 1.29 is 13.9 Å². The van der Waals surface area contributed by atoms with Crippen LogP contribution in [0.15, 0.2) is 23.1 Å². The Balaban J connectivity index is 2.82. The minimum Gasteiger partial charge on any atom is -0.462 e. The van der Waals surface area contributed by atoms with Crippen LogP contribution in [-0.2, 0) is 11.8 Å². The van der Waals surface area contributed by atoms with Crippen molar-refractivity contribution in [2.45, 2.75) is 6.92 Å². The van der Waals surface area contributed by atoms with Crippen molar-refractivity contribution in [3.05, 3.63) is 43.5 Å². The third kappa shape index (κ3) is 2.49. The number of hydrogen-bond acceptors (Lipinski definition) is 3. The number of fused-ring (bicyclic) bond motifs is 1. The number of rotatable bonds is 2. The molecule has 0 radical (unpaired) electrons. The van der Waals surface area contributed by atoms with Crippen molar-refractivity contribution in [2.75, 3.05) is 6.61 Å². The Morgan fingerprint density at radius 1 is 1.47 bits per heavy atom. The van der Waals surface area contributed by atoms with Crippen LogP contribution in [0.5, 0.6) is 0 Å². The van der Waals surface area contributed by atoms with Gasteiger partial charge in [-0.2, -0.15) is 0 Å². The molecule has 0 amide bonds. The van der Waals surface area contributed by atoms with Crippen molar-refractivity contribution in [1.82, 2.24) is 4.57 Å². The van der Waals surface area contributed by atoms with E-state index < -0.39 is 17.2 Å². The van der Waals surface area contributed by atoms with Crippen molar-refractivity contribution in [2.24, 2.45) is 7.05 Å². The lowest BCUT2D eigenvalue weighted by Gasteiger charge is -2.09. The molecule has 0 aliphatic carbocycles. The molecule has 0 aliphatic rings. The van der Waals surface area contributed by atoms with E-state index in [-0.39, 0.29) is 23.1 Å². The molecule has 0 saturated carbocycles. The Morgan fingerprint density at radius 2 is 2.16 bits per heavy atom. The highest BCUT2D eigenvalue weighted by atomic mass is 127. The largest absolute Gasteiger partial charge is 0.462 e. The molecule has 6 heteroatoms. The van der Waals surface area contributed by atoms with Gasteiger partial charge in [-0.1, -0.05) is 0 Å². The Morgan fingerprint density at radius 3 is 2.79 bits per heavy atom. The van der Waals surface area contributed by atoms with E-state index in [2.05, 4.69) is 0 Å². The summed E-state index contributed by atoms with van der Waals surface area (Å²) in [5.41, 5.74) is -0.416. The summed E-state index contributed by atoms with van der Waals surface area (Å²) >= 11 is 1.92. The quantitative estimate of drug-likeness (QED) is 0.599. The van der Waals surface area contributed by atoms with Gasteiger partial charge in [-0.05, 0) is 41.6 Å². The molecule has 0 N–H and O–H groups in total. The van der Waals surface area contributed by atoms with Gasteiger partial charge in [-0.25, -0.2) is 9.18 Å². The number of carbonyl (C=O) groups excluding carboxylic acids is 1. The van der Waals surface area contributed by atoms with Crippen molar-refractivity contribution in [3.63, 3.8) is 0 Å². The Bertz CT molecular complexity index is 724. The number of aryl methyl sites for hydroxylation is 1. The van der Waals surface area contributed by atoms with Crippen LogP contribution in [-0.4, -0.2) is 17.1 Å². The number of benzene rings is 1. The molecular weight excluding hydrogens is 364 g/mol. The molecule has 0 unspecified atom stereocenters. The number of esters is 1. The maximum atomic E-state index is 13.9. The molecule has 2 aromatic rings. The van der Waals surface area contributed by atoms with Crippen LogP contribution in [0.4, 0.5) is 4.39 Å². The molecular formula is C13H11FINO3. The molecule has 4 nitrogen and oxygen atoms in total. The highest BCUT2D eigenvalue weighted by Crippen LogP contribution is 2.19. The standard InChI is InChI=1S/C13H11FINO3/c1-3-19-13(18)9-6-16(2)11-8(12(9)17)4-7(15)5-10(11)14/h4-6H,3H2,1-2H3. The zero-order valence-corrected chi connectivity index (χ0v) is 12.5. The fourth-order valence-corrected chi connectivity index (χ4v) is 2.50. The highest BCUT2D eigenvalue weighted by Gasteiger charge is 2.17. The molecule has 1 heterocycles. The van der Waals surface area contributed by atoms with E-state index in [1.54, 1.807) is 20.0 Å². The molecule has 0 saturated heterocycles. The van der Waals surface area contributed by atoms with Gasteiger partial charge in [-0.15, -0.1) is 0 Å². The minimum absolute atomic E-state index is 0.0850. The molecule has 2 rings (SSSR count). The van der Waals surface area contributed by atoms with Gasteiger partial charge in [0.1, 0.15) is 11.4 Å². The van der Waals surface area contributed by atoms with Crippen LogP contribution in [0.2, 0.25) is 0 Å². The number of carbonyl (C=O) groups is 1. The number of ether oxygens (including phenoxy) is 1. The summed E-state index contributed by atoms with van der Waals surface area (Å²) in [6, 6.07) is 2.90. The first-order valence-corrected chi connectivity index (χ1v) is 6.69. The van der Waals surface area contributed by atoms with Crippen LogP contribution in [0.25, 0.3) is 10.9 Å². The van der Waals surface area contributed by atoms with Gasteiger partial charge in [0.2, 0.25) is 5.43 Å². The zero-order valence-electron chi connectivity index (χ0n) is 10.4. The second kappa shape index (κ2) is 5.28. The summed E-state index contributed by atoms with van der Waals surface area (Å²) in [6.07, 6.45) is 1.30. The van der Waals surface area contributed by atoms with Gasteiger partial charge in [0.05, 0.1) is 17.5 Å². The van der Waals surface area contributed by atoms with Crippen LogP contribution in [0.3, 0.4) is 0 Å². The van der Waals surface area contributed by atoms with Gasteiger partial charge < -0.3 is 9.30 Å². The second-order valence-corrected chi connectivity index (χ2v) is 5.23. The Hall–Kier alpha value is -1.44. The lowest BCUT2D eigenvalue weighted by molar-refractivity contribution is 0.0524. The Labute approximate surface area is 122 Å². The average Bonchev–Trinajstić information content (AvgIpc) is 2.33. The lowest BCUT2D eigenvalue weighted by Crippen LogP contribution is -2.20. The van der Waals surface area contributed by atoms with Crippen LogP contribution in [0.1, 0.15) is 17.3 Å². The van der Waals surface area contributed by atoms with Crippen LogP contribution >= 0.6 is 22.6 Å². The van der Waals surface area contributed by atoms with E-state index in [1.165, 1.54) is 16.8 Å². The van der Waals surface area contributed by atoms with Crippen molar-refractivity contribution in [1.29, 1.82) is 0 Å². The van der Waals surface area contributed by atoms with Gasteiger partial charge >= 0.3 is 5.97 Å². The minimum atomic E-state index is -0.690. The van der Waals surface area contributed by atoms with E-state index >= 15 is 0 Å². The summed E-state index contributed by atoms with van der Waals surface area (Å²) in [7, 11) is 1.58. The average molecular weight is 375 g/mol. The number of aromatic nitrogens is 1. The molecule has 0 atom stereocenters. The fourth-order valence-electron chi connectivity index (χ4n) is 1.91. The lowest BCUT2D eigenvalue weighted by atomic mass is 10.1. The molecule has 0 aliphatic heterocycles. The fraction of sp³-hybridized carbons (Fsp3) is 0.231. The van der Waals surface area contributed by atoms with Gasteiger partial charge in [0, 0.05) is 16.8 Å². The maximum Gasteiger partial charge on any atom is 0.343 e. The third-order valence-corrected chi connectivity index (χ3v) is 3.31. The molecule has 0 fully saturated rings. The van der Waals surface area contributed by atoms with Crippen LogP contribution in [0, 0.1) is 9.39 Å². The normalized spacial score (nSPS) is 10.7. The highest BCUT2D eigenvalue weighted by molar-refractivity contribution is 14.1. The smallest absolute Gasteiger partial charge is 0.343 e. The number of nitrogens with zero attached hydrogens (tertiary/aromatic N) is 1. The summed E-state index contributed by atoms with van der Waals surface area (Å²) in [5, 5.41) is 0.178. The number of hydrogen-bond donors (Lipinski definition) is 0. The number of pyridine rings is 1. The topological polar surface area (TPSA) is 48.3 Å². The second-order valence-electron chi connectivity index (χ2n) is 3.99. The van der Waals surface area contributed by atoms with Crippen molar-refractivity contribution in [3.8, 4) is 0 Å². The summed E-state index contributed by atoms with van der Waals surface area (Å²) < 4.78 is 20.7. The van der Waals surface area contributed by atoms with Crippen LogP contribution < -0.4 is 5.43 Å². The molecule has 1 aromatic heterocycles. The van der Waals surface area contributed by atoms with Gasteiger partial charge in [-0.3, -0.25) is 4.79 Å². The predicted molar refractivity (Wildman–Crippen MR) is 77.8 cm³/mol. The Kier molecular flexibility index (Phi) is 3.88. The molecule has 0 spiro atoms. The maximum absolute atomic E-state index is 13.9. The zero-order chi connectivity index (χ0) is 14.2. The molecule has 100 valence electrons. The first-order valence-electron chi connectivity index (χ1n) is 5.61. The summed E-state index contributed by atoms with van der Waals surface area (Å²) in [6.45, 7) is 1.84. The SMILES string of the molecule is CCOC(=O)c1cn(C)c2c(F)cc(I)cc2c1=O. The number of halogens is 2. The molecule has 0 bridgehead atoms. The van der Waals surface area contributed by atoms with E-state index in [1.807, 2.05) is 22.6 Å². The first kappa shape index (κ1) is 14.0. The van der Waals surface area contributed by atoms with Gasteiger partial charge in [0.15, 0.2) is 0 Å². The molecule has 1 aromatic carbocycles. The van der Waals surface area contributed by atoms with E-state index in [0.29, 0.717) is 3.57 Å². The predicted octanol–water partition coefficient (Wildman–Crippen LogP) is 2.46. The summed E-state index contributed by atoms with van der Waals surface area (Å²) in [5.74, 6) is -1.18. The van der Waals surface area contributed by atoms with Crippen molar-refractivity contribution >= 4 is 39.5 Å². The first-order chi connectivity index (χ1) is 8.95. The summed E-state index contributed by atoms with van der Waals surface area (Å²) in [4.78, 5) is 23.9. The molecule has 19 heavy (non-hydrogen) atoms. The third-order valence-electron chi connectivity index (χ3n) is 2.69. The van der Waals surface area contributed by atoms with E-state index in [0.717, 1.165) is 0 Å². The van der Waals surface area contributed by atoms with Gasteiger partial charge in [0.25, 0.3) is 0 Å². The monoisotopic (exact) mass is 375 g/mol.